The minimum atomic E-state index is -0.672. The molecular weight excluding hydrogens is 579 g/mol. The molecule has 1 heterocycles. The average Bonchev–Trinajstić information content (AvgIpc) is 3.44. The SMILES string of the molecule is CC(C)C(NCC(Cc1ccc(F)cc1)NC(=O)OC(C)(C)C)C(=O)NC(Cc1ccc(O)c(C(C)(C)C)c1)c1nccs1. The maximum atomic E-state index is 13.8. The summed E-state index contributed by atoms with van der Waals surface area (Å²) < 4.78 is 19.0. The minimum absolute atomic E-state index is 0.0684. The van der Waals surface area contributed by atoms with E-state index in [1.807, 2.05) is 52.1 Å². The molecule has 2 aromatic carbocycles. The molecule has 3 rings (SSSR count). The predicted molar refractivity (Wildman–Crippen MR) is 173 cm³/mol. The number of amides is 2. The quantitative estimate of drug-likeness (QED) is 0.184. The molecule has 0 aliphatic carbocycles. The third-order valence-electron chi connectivity index (χ3n) is 7.02. The first-order valence-corrected chi connectivity index (χ1v) is 15.9. The fraction of sp³-hybridized carbons (Fsp3) is 0.500. The molecule has 240 valence electrons. The smallest absolute Gasteiger partial charge is 0.407 e. The maximum Gasteiger partial charge on any atom is 0.407 e. The number of phenolic OH excluding ortho intramolecular Hbond substituents is 1. The number of aromatic hydroxyl groups is 1. The third-order valence-corrected chi connectivity index (χ3v) is 7.91. The normalized spacial score (nSPS) is 14.1. The van der Waals surface area contributed by atoms with E-state index >= 15 is 0 Å². The van der Waals surface area contributed by atoms with E-state index in [-0.39, 0.29) is 41.4 Å². The summed E-state index contributed by atoms with van der Waals surface area (Å²) in [5.74, 6) is -0.346. The Morgan fingerprint density at radius 1 is 0.977 bits per heavy atom. The van der Waals surface area contributed by atoms with Crippen LogP contribution in [0.5, 0.6) is 5.75 Å². The summed E-state index contributed by atoms with van der Waals surface area (Å²) in [5, 5.41) is 22.6. The highest BCUT2D eigenvalue weighted by Gasteiger charge is 2.28. The molecule has 44 heavy (non-hydrogen) atoms. The van der Waals surface area contributed by atoms with Gasteiger partial charge in [0.1, 0.15) is 22.2 Å². The first kappa shape index (κ1) is 35.0. The van der Waals surface area contributed by atoms with Gasteiger partial charge >= 0.3 is 6.09 Å². The number of hydrogen-bond donors (Lipinski definition) is 4. The van der Waals surface area contributed by atoms with Crippen molar-refractivity contribution in [2.75, 3.05) is 6.54 Å². The number of carbonyl (C=O) groups excluding carboxylic acids is 2. The van der Waals surface area contributed by atoms with Crippen LogP contribution in [0.15, 0.2) is 54.0 Å². The van der Waals surface area contributed by atoms with Gasteiger partial charge in [0.15, 0.2) is 0 Å². The van der Waals surface area contributed by atoms with Gasteiger partial charge in [-0.05, 0) is 79.8 Å². The lowest BCUT2D eigenvalue weighted by Crippen LogP contribution is -2.53. The van der Waals surface area contributed by atoms with E-state index in [0.717, 1.165) is 21.7 Å². The summed E-state index contributed by atoms with van der Waals surface area (Å²) in [6.07, 6.45) is 2.07. The molecule has 3 atom stereocenters. The molecule has 8 nitrogen and oxygen atoms in total. The van der Waals surface area contributed by atoms with E-state index in [2.05, 4.69) is 20.9 Å². The number of alkyl carbamates (subject to hydrolysis) is 1. The number of benzene rings is 2. The first-order valence-electron chi connectivity index (χ1n) is 15.0. The van der Waals surface area contributed by atoms with E-state index < -0.39 is 23.8 Å². The van der Waals surface area contributed by atoms with Crippen LogP contribution in [-0.4, -0.2) is 46.3 Å². The van der Waals surface area contributed by atoms with Crippen molar-refractivity contribution in [1.82, 2.24) is 20.9 Å². The van der Waals surface area contributed by atoms with Gasteiger partial charge < -0.3 is 25.8 Å². The van der Waals surface area contributed by atoms with Crippen molar-refractivity contribution in [2.45, 2.75) is 97.4 Å². The van der Waals surface area contributed by atoms with Crippen LogP contribution in [0, 0.1) is 11.7 Å². The van der Waals surface area contributed by atoms with Crippen molar-refractivity contribution >= 4 is 23.3 Å². The van der Waals surface area contributed by atoms with E-state index in [4.69, 9.17) is 4.74 Å². The topological polar surface area (TPSA) is 113 Å². The second-order valence-electron chi connectivity index (χ2n) is 13.5. The Balaban J connectivity index is 1.78. The van der Waals surface area contributed by atoms with Crippen molar-refractivity contribution < 1.29 is 23.8 Å². The number of phenols is 1. The Kier molecular flexibility index (Phi) is 11.9. The molecule has 0 saturated heterocycles. The summed E-state index contributed by atoms with van der Waals surface area (Å²) >= 11 is 1.47. The van der Waals surface area contributed by atoms with Crippen LogP contribution in [0.2, 0.25) is 0 Å². The predicted octanol–water partition coefficient (Wildman–Crippen LogP) is 6.44. The lowest BCUT2D eigenvalue weighted by molar-refractivity contribution is -0.125. The molecule has 0 aliphatic heterocycles. The Bertz CT molecular complexity index is 1370. The average molecular weight is 627 g/mol. The maximum absolute atomic E-state index is 13.8. The third kappa shape index (κ3) is 10.9. The zero-order valence-corrected chi connectivity index (χ0v) is 27.8. The van der Waals surface area contributed by atoms with Gasteiger partial charge in [0.05, 0.1) is 12.1 Å². The highest BCUT2D eigenvalue weighted by atomic mass is 32.1. The Morgan fingerprint density at radius 2 is 1.64 bits per heavy atom. The van der Waals surface area contributed by atoms with Crippen molar-refractivity contribution in [1.29, 1.82) is 0 Å². The number of nitrogens with zero attached hydrogens (tertiary/aromatic N) is 1. The van der Waals surface area contributed by atoms with Gasteiger partial charge in [0.25, 0.3) is 0 Å². The molecule has 3 aromatic rings. The van der Waals surface area contributed by atoms with E-state index in [0.29, 0.717) is 12.8 Å². The monoisotopic (exact) mass is 626 g/mol. The summed E-state index contributed by atoms with van der Waals surface area (Å²) in [4.78, 5) is 30.9. The van der Waals surface area contributed by atoms with Gasteiger partial charge in [-0.2, -0.15) is 0 Å². The van der Waals surface area contributed by atoms with Crippen LogP contribution in [0.3, 0.4) is 0 Å². The lowest BCUT2D eigenvalue weighted by Gasteiger charge is -2.28. The van der Waals surface area contributed by atoms with E-state index in [1.165, 1.54) is 23.5 Å². The van der Waals surface area contributed by atoms with Gasteiger partial charge in [0.2, 0.25) is 5.91 Å². The summed E-state index contributed by atoms with van der Waals surface area (Å²) in [6, 6.07) is 10.3. The molecule has 2 amide bonds. The Hall–Kier alpha value is -3.50. The van der Waals surface area contributed by atoms with Crippen molar-refractivity contribution in [3.63, 3.8) is 0 Å². The van der Waals surface area contributed by atoms with Crippen LogP contribution in [0.4, 0.5) is 9.18 Å². The highest BCUT2D eigenvalue weighted by molar-refractivity contribution is 7.09. The number of nitrogens with one attached hydrogen (secondary N) is 3. The fourth-order valence-corrected chi connectivity index (χ4v) is 5.56. The van der Waals surface area contributed by atoms with Crippen molar-refractivity contribution in [3.05, 3.63) is 81.6 Å². The van der Waals surface area contributed by atoms with Crippen LogP contribution in [0.25, 0.3) is 0 Å². The van der Waals surface area contributed by atoms with E-state index in [9.17, 15) is 19.1 Å². The second kappa shape index (κ2) is 15.0. The molecule has 3 unspecified atom stereocenters. The number of ether oxygens (including phenoxy) is 1. The number of hydrogen-bond acceptors (Lipinski definition) is 7. The number of rotatable bonds is 12. The van der Waals surface area contributed by atoms with Crippen LogP contribution < -0.4 is 16.0 Å². The molecule has 0 radical (unpaired) electrons. The highest BCUT2D eigenvalue weighted by Crippen LogP contribution is 2.32. The minimum Gasteiger partial charge on any atom is -0.508 e. The zero-order valence-electron chi connectivity index (χ0n) is 27.0. The van der Waals surface area contributed by atoms with Gasteiger partial charge in [-0.15, -0.1) is 11.3 Å². The van der Waals surface area contributed by atoms with E-state index in [1.54, 1.807) is 45.2 Å². The molecule has 0 bridgehead atoms. The molecular formula is C34H47FN4O4S. The van der Waals surface area contributed by atoms with Gasteiger partial charge in [0, 0.05) is 24.2 Å². The second-order valence-corrected chi connectivity index (χ2v) is 14.5. The summed E-state index contributed by atoms with van der Waals surface area (Å²) in [6.45, 7) is 15.7. The summed E-state index contributed by atoms with van der Waals surface area (Å²) in [7, 11) is 0. The molecule has 1 aromatic heterocycles. The van der Waals surface area contributed by atoms with Crippen molar-refractivity contribution in [3.8, 4) is 5.75 Å². The largest absolute Gasteiger partial charge is 0.508 e. The zero-order chi connectivity index (χ0) is 32.7. The molecule has 0 fully saturated rings. The first-order chi connectivity index (χ1) is 20.5. The molecule has 4 N–H and O–H groups in total. The molecule has 0 spiro atoms. The molecule has 0 saturated carbocycles. The Labute approximate surface area is 264 Å². The number of thiazole rings is 1. The van der Waals surface area contributed by atoms with Gasteiger partial charge in [-0.1, -0.05) is 58.9 Å². The number of halogens is 1. The van der Waals surface area contributed by atoms with Crippen molar-refractivity contribution in [2.24, 2.45) is 5.92 Å². The standard InChI is InChI=1S/C34H47FN4O4S/c1-21(2)29(37-20-25(38-32(42)43-34(6,7)8)17-22-9-12-24(35)13-10-22)30(41)39-27(31-36-15-16-44-31)19-23-11-14-28(40)26(18-23)33(3,4)5/h9-16,18,21,25,27,29,37,40H,17,19-20H2,1-8H3,(H,38,42)(H,39,41). The summed E-state index contributed by atoms with van der Waals surface area (Å²) in [5.41, 5.74) is 1.74. The fourth-order valence-electron chi connectivity index (χ4n) is 4.87. The molecule has 10 heteroatoms. The van der Waals surface area contributed by atoms with Crippen LogP contribution in [-0.2, 0) is 27.8 Å². The van der Waals surface area contributed by atoms with Gasteiger partial charge in [-0.25, -0.2) is 14.2 Å². The number of carbonyl (C=O) groups is 2. The molecule has 0 aliphatic rings. The lowest BCUT2D eigenvalue weighted by atomic mass is 9.85. The Morgan fingerprint density at radius 3 is 2.20 bits per heavy atom. The van der Waals surface area contributed by atoms with Gasteiger partial charge in [-0.3, -0.25) is 4.79 Å². The van der Waals surface area contributed by atoms with Crippen LogP contribution >= 0.6 is 11.3 Å². The number of aromatic nitrogens is 1. The van der Waals surface area contributed by atoms with Crippen LogP contribution in [0.1, 0.15) is 83.1 Å².